The zero-order valence-electron chi connectivity index (χ0n) is 12.5. The van der Waals surface area contributed by atoms with Gasteiger partial charge in [-0.15, -0.1) is 11.3 Å². The fraction of sp³-hybridized carbons (Fsp3) is 0.375. The lowest BCUT2D eigenvalue weighted by Gasteiger charge is -2.24. The fourth-order valence-electron chi connectivity index (χ4n) is 3.02. The van der Waals surface area contributed by atoms with E-state index >= 15 is 0 Å². The number of hydrogen-bond acceptors (Lipinski definition) is 4. The van der Waals surface area contributed by atoms with Crippen LogP contribution < -0.4 is 5.32 Å². The highest BCUT2D eigenvalue weighted by Gasteiger charge is 2.29. The minimum absolute atomic E-state index is 0.0555. The maximum Gasteiger partial charge on any atom is 0.239 e. The molecular formula is C16H18N4OS. The smallest absolute Gasteiger partial charge is 0.239 e. The molecule has 6 heteroatoms. The van der Waals surface area contributed by atoms with Gasteiger partial charge in [-0.2, -0.15) is 5.26 Å². The minimum Gasteiger partial charge on any atom is -0.353 e. The summed E-state index contributed by atoms with van der Waals surface area (Å²) >= 11 is 1.38. The molecule has 0 aromatic carbocycles. The maximum absolute atomic E-state index is 12.3. The molecule has 1 fully saturated rings. The molecule has 0 unspecified atom stereocenters. The van der Waals surface area contributed by atoms with Crippen molar-refractivity contribution in [1.82, 2.24) is 9.47 Å². The van der Waals surface area contributed by atoms with Crippen molar-refractivity contribution < 1.29 is 4.79 Å². The normalized spacial score (nSPS) is 18.3. The Hall–Kier alpha value is -2.10. The summed E-state index contributed by atoms with van der Waals surface area (Å²) in [6.07, 6.45) is 4.22. The first kappa shape index (κ1) is 14.8. The van der Waals surface area contributed by atoms with Crippen molar-refractivity contribution in [3.05, 3.63) is 41.0 Å². The van der Waals surface area contributed by atoms with Crippen LogP contribution in [0.3, 0.4) is 0 Å². The predicted molar refractivity (Wildman–Crippen MR) is 86.6 cm³/mol. The summed E-state index contributed by atoms with van der Waals surface area (Å²) in [5, 5.41) is 14.3. The van der Waals surface area contributed by atoms with Gasteiger partial charge in [-0.3, -0.25) is 9.69 Å². The summed E-state index contributed by atoms with van der Waals surface area (Å²) in [7, 11) is 2.04. The molecule has 1 saturated heterocycles. The monoisotopic (exact) mass is 314 g/mol. The molecule has 114 valence electrons. The van der Waals surface area contributed by atoms with Gasteiger partial charge in [-0.05, 0) is 43.0 Å². The molecule has 2 aromatic rings. The van der Waals surface area contributed by atoms with Crippen molar-refractivity contribution in [2.75, 3.05) is 18.4 Å². The number of amides is 1. The number of rotatable bonds is 4. The van der Waals surface area contributed by atoms with Crippen LogP contribution in [0.2, 0.25) is 0 Å². The molecule has 0 saturated carbocycles. The van der Waals surface area contributed by atoms with Gasteiger partial charge >= 0.3 is 0 Å². The Balaban J connectivity index is 1.66. The molecule has 0 bridgehead atoms. The van der Waals surface area contributed by atoms with Gasteiger partial charge in [0.05, 0.1) is 18.2 Å². The number of hydrogen-bond donors (Lipinski definition) is 1. The van der Waals surface area contributed by atoms with E-state index in [-0.39, 0.29) is 5.91 Å². The van der Waals surface area contributed by atoms with Crippen molar-refractivity contribution >= 4 is 22.2 Å². The van der Waals surface area contributed by atoms with E-state index in [0.717, 1.165) is 19.4 Å². The van der Waals surface area contributed by atoms with Crippen LogP contribution in [-0.2, 0) is 11.8 Å². The number of nitrogens with one attached hydrogen (secondary N) is 1. The van der Waals surface area contributed by atoms with Crippen LogP contribution in [0.25, 0.3) is 0 Å². The lowest BCUT2D eigenvalue weighted by molar-refractivity contribution is -0.117. The van der Waals surface area contributed by atoms with Crippen molar-refractivity contribution in [1.29, 1.82) is 5.26 Å². The van der Waals surface area contributed by atoms with Crippen LogP contribution in [0, 0.1) is 11.3 Å². The minimum atomic E-state index is -0.0555. The number of carbonyl (C=O) groups excluding carboxylic acids is 1. The van der Waals surface area contributed by atoms with E-state index in [4.69, 9.17) is 5.26 Å². The molecule has 1 aliphatic heterocycles. The standard InChI is InChI=1S/C16H18N4OS/c1-19-7-2-4-13(19)14-5-3-8-20(14)11-15(21)18-16-12(10-17)6-9-22-16/h2,4,6-7,9,14H,3,5,8,11H2,1H3,(H,18,21)/t14-/m0/s1. The summed E-state index contributed by atoms with van der Waals surface area (Å²) in [5.74, 6) is -0.0555. The highest BCUT2D eigenvalue weighted by molar-refractivity contribution is 7.14. The highest BCUT2D eigenvalue weighted by Crippen LogP contribution is 2.31. The number of aryl methyl sites for hydroxylation is 1. The van der Waals surface area contributed by atoms with Crippen LogP contribution in [0.15, 0.2) is 29.8 Å². The SMILES string of the molecule is Cn1cccc1[C@@H]1CCCN1CC(=O)Nc1sccc1C#N. The molecule has 0 spiro atoms. The van der Waals surface area contributed by atoms with Crippen molar-refractivity contribution in [3.63, 3.8) is 0 Å². The fourth-order valence-corrected chi connectivity index (χ4v) is 3.77. The Labute approximate surface area is 133 Å². The second kappa shape index (κ2) is 6.34. The summed E-state index contributed by atoms with van der Waals surface area (Å²) in [5.41, 5.74) is 1.78. The van der Waals surface area contributed by atoms with Crippen molar-refractivity contribution in [3.8, 4) is 6.07 Å². The summed E-state index contributed by atoms with van der Waals surface area (Å²) < 4.78 is 2.12. The van der Waals surface area contributed by atoms with Gasteiger partial charge in [-0.1, -0.05) is 0 Å². The Morgan fingerprint density at radius 3 is 3.14 bits per heavy atom. The van der Waals surface area contributed by atoms with E-state index in [1.54, 1.807) is 6.07 Å². The number of nitriles is 1. The van der Waals surface area contributed by atoms with Gasteiger partial charge in [0, 0.05) is 18.9 Å². The second-order valence-electron chi connectivity index (χ2n) is 5.50. The molecule has 3 heterocycles. The van der Waals surface area contributed by atoms with Gasteiger partial charge in [0.15, 0.2) is 0 Å². The van der Waals surface area contributed by atoms with Crippen LogP contribution in [-0.4, -0.2) is 28.5 Å². The summed E-state index contributed by atoms with van der Waals surface area (Å²) in [4.78, 5) is 14.5. The Bertz CT molecular complexity index is 712. The molecule has 1 N–H and O–H groups in total. The first-order chi connectivity index (χ1) is 10.7. The van der Waals surface area contributed by atoms with E-state index in [0.29, 0.717) is 23.2 Å². The quantitative estimate of drug-likeness (QED) is 0.944. The van der Waals surface area contributed by atoms with Crippen LogP contribution in [0.4, 0.5) is 5.00 Å². The molecule has 22 heavy (non-hydrogen) atoms. The third-order valence-electron chi connectivity index (χ3n) is 4.07. The average Bonchev–Trinajstić information content (AvgIpc) is 3.20. The van der Waals surface area contributed by atoms with Gasteiger partial charge in [0.2, 0.25) is 5.91 Å². The highest BCUT2D eigenvalue weighted by atomic mass is 32.1. The van der Waals surface area contributed by atoms with Crippen LogP contribution in [0.1, 0.15) is 30.1 Å². The molecule has 1 atom stereocenters. The van der Waals surface area contributed by atoms with Crippen LogP contribution in [0.5, 0.6) is 0 Å². The molecular weight excluding hydrogens is 296 g/mol. The van der Waals surface area contributed by atoms with Gasteiger partial charge in [0.25, 0.3) is 0 Å². The first-order valence-electron chi connectivity index (χ1n) is 7.32. The molecule has 1 amide bonds. The number of nitrogens with zero attached hydrogens (tertiary/aromatic N) is 3. The zero-order valence-corrected chi connectivity index (χ0v) is 13.3. The lowest BCUT2D eigenvalue weighted by Crippen LogP contribution is -2.33. The summed E-state index contributed by atoms with van der Waals surface area (Å²) in [6, 6.07) is 8.27. The largest absolute Gasteiger partial charge is 0.353 e. The van der Waals surface area contributed by atoms with E-state index in [9.17, 15) is 4.79 Å². The van der Waals surface area contributed by atoms with Crippen LogP contribution >= 0.6 is 11.3 Å². The summed E-state index contributed by atoms with van der Waals surface area (Å²) in [6.45, 7) is 1.29. The number of aromatic nitrogens is 1. The average molecular weight is 314 g/mol. The number of likely N-dealkylation sites (tertiary alicyclic amines) is 1. The van der Waals surface area contributed by atoms with Crippen molar-refractivity contribution in [2.45, 2.75) is 18.9 Å². The third-order valence-corrected chi connectivity index (χ3v) is 4.90. The van der Waals surface area contributed by atoms with Crippen molar-refractivity contribution in [2.24, 2.45) is 7.05 Å². The molecule has 0 aliphatic carbocycles. The Morgan fingerprint density at radius 1 is 1.55 bits per heavy atom. The third kappa shape index (κ3) is 2.91. The van der Waals surface area contributed by atoms with Gasteiger partial charge < -0.3 is 9.88 Å². The second-order valence-corrected chi connectivity index (χ2v) is 6.41. The topological polar surface area (TPSA) is 61.1 Å². The van der Waals surface area contributed by atoms with Gasteiger partial charge in [0.1, 0.15) is 11.1 Å². The van der Waals surface area contributed by atoms with E-state index in [1.807, 2.05) is 24.7 Å². The molecule has 1 aliphatic rings. The molecule has 3 rings (SSSR count). The zero-order chi connectivity index (χ0) is 15.5. The predicted octanol–water partition coefficient (Wildman–Crippen LogP) is 2.73. The lowest BCUT2D eigenvalue weighted by atomic mass is 10.1. The first-order valence-corrected chi connectivity index (χ1v) is 8.19. The Kier molecular flexibility index (Phi) is 4.27. The van der Waals surface area contributed by atoms with E-state index in [2.05, 4.69) is 26.9 Å². The Morgan fingerprint density at radius 2 is 2.41 bits per heavy atom. The van der Waals surface area contributed by atoms with Gasteiger partial charge in [-0.25, -0.2) is 0 Å². The number of thiophene rings is 1. The molecule has 0 radical (unpaired) electrons. The number of carbonyl (C=O) groups is 1. The van der Waals surface area contributed by atoms with E-state index < -0.39 is 0 Å². The number of anilines is 1. The molecule has 5 nitrogen and oxygen atoms in total. The maximum atomic E-state index is 12.3. The molecule has 2 aromatic heterocycles. The van der Waals surface area contributed by atoms with E-state index in [1.165, 1.54) is 17.0 Å².